The molecule has 2 fully saturated rings. The van der Waals surface area contributed by atoms with Crippen LogP contribution in [-0.4, -0.2) is 62.5 Å². The van der Waals surface area contributed by atoms with E-state index in [1.807, 2.05) is 0 Å². The van der Waals surface area contributed by atoms with Gasteiger partial charge >= 0.3 is 0 Å². The predicted molar refractivity (Wildman–Crippen MR) is 64.7 cm³/mol. The molecule has 0 atom stereocenters. The van der Waals surface area contributed by atoms with E-state index in [1.54, 1.807) is 4.31 Å². The highest BCUT2D eigenvalue weighted by molar-refractivity contribution is 7.86. The molecule has 0 unspecified atom stereocenters. The Kier molecular flexibility index (Phi) is 4.37. The molecule has 0 bridgehead atoms. The van der Waals surface area contributed by atoms with Crippen molar-refractivity contribution in [3.05, 3.63) is 0 Å². The molecule has 17 heavy (non-hydrogen) atoms. The molecule has 0 amide bonds. The van der Waals surface area contributed by atoms with Gasteiger partial charge in [0, 0.05) is 32.2 Å². The lowest BCUT2D eigenvalue weighted by atomic mass is 9.93. The molecule has 2 N–H and O–H groups in total. The fourth-order valence-electron chi connectivity index (χ4n) is 2.21. The standard InChI is InChI=1S/C10H21N3O3S/c11-4-5-13(10-2-1-3-10)17(14,15)12-6-8-16-9-7-12/h10H,1-9,11H2. The molecule has 1 saturated carbocycles. The van der Waals surface area contributed by atoms with Crippen LogP contribution in [0.2, 0.25) is 0 Å². The Bertz CT molecular complexity index is 337. The van der Waals surface area contributed by atoms with Gasteiger partial charge in [-0.15, -0.1) is 0 Å². The molecule has 1 aliphatic heterocycles. The first-order valence-corrected chi connectivity index (χ1v) is 7.60. The van der Waals surface area contributed by atoms with Gasteiger partial charge in [0.1, 0.15) is 0 Å². The van der Waals surface area contributed by atoms with E-state index in [0.717, 1.165) is 19.3 Å². The Morgan fingerprint density at radius 1 is 1.29 bits per heavy atom. The van der Waals surface area contributed by atoms with Crippen LogP contribution in [0.5, 0.6) is 0 Å². The summed E-state index contributed by atoms with van der Waals surface area (Å²) in [6.07, 6.45) is 3.04. The van der Waals surface area contributed by atoms with E-state index in [1.165, 1.54) is 4.31 Å². The van der Waals surface area contributed by atoms with Crippen molar-refractivity contribution >= 4 is 10.2 Å². The molecule has 0 aromatic carbocycles. The molecular weight excluding hydrogens is 242 g/mol. The molecule has 7 heteroatoms. The van der Waals surface area contributed by atoms with Crippen molar-refractivity contribution in [3.63, 3.8) is 0 Å². The first-order valence-electron chi connectivity index (χ1n) is 6.21. The highest BCUT2D eigenvalue weighted by Crippen LogP contribution is 2.28. The van der Waals surface area contributed by atoms with Crippen LogP contribution in [0.15, 0.2) is 0 Å². The number of rotatable bonds is 5. The average molecular weight is 263 g/mol. The molecule has 2 rings (SSSR count). The monoisotopic (exact) mass is 263 g/mol. The number of ether oxygens (including phenoxy) is 1. The van der Waals surface area contributed by atoms with Crippen molar-refractivity contribution in [2.45, 2.75) is 25.3 Å². The zero-order valence-electron chi connectivity index (χ0n) is 10.0. The Morgan fingerprint density at radius 3 is 2.41 bits per heavy atom. The molecule has 6 nitrogen and oxygen atoms in total. The largest absolute Gasteiger partial charge is 0.379 e. The summed E-state index contributed by atoms with van der Waals surface area (Å²) in [5.74, 6) is 0. The van der Waals surface area contributed by atoms with Crippen LogP contribution < -0.4 is 5.73 Å². The number of nitrogens with two attached hydrogens (primary N) is 1. The minimum absolute atomic E-state index is 0.159. The van der Waals surface area contributed by atoms with E-state index < -0.39 is 10.2 Å². The Morgan fingerprint density at radius 2 is 1.94 bits per heavy atom. The molecule has 0 aromatic heterocycles. The van der Waals surface area contributed by atoms with Crippen LogP contribution in [0.3, 0.4) is 0 Å². The summed E-state index contributed by atoms with van der Waals surface area (Å²) in [5.41, 5.74) is 5.52. The lowest BCUT2D eigenvalue weighted by Crippen LogP contribution is -2.54. The van der Waals surface area contributed by atoms with Crippen LogP contribution in [0.25, 0.3) is 0 Å². The Hall–Kier alpha value is -0.210. The topological polar surface area (TPSA) is 75.9 Å². The van der Waals surface area contributed by atoms with Crippen molar-refractivity contribution in [2.75, 3.05) is 39.4 Å². The lowest BCUT2D eigenvalue weighted by Gasteiger charge is -2.40. The van der Waals surface area contributed by atoms with Gasteiger partial charge in [-0.1, -0.05) is 6.42 Å². The Balaban J connectivity index is 2.08. The Labute approximate surface area is 103 Å². The molecule has 1 aliphatic carbocycles. The minimum atomic E-state index is -3.34. The van der Waals surface area contributed by atoms with Crippen LogP contribution in [0, 0.1) is 0 Å². The van der Waals surface area contributed by atoms with Crippen molar-refractivity contribution in [1.29, 1.82) is 0 Å². The van der Waals surface area contributed by atoms with Gasteiger partial charge in [0.25, 0.3) is 10.2 Å². The fourth-order valence-corrected chi connectivity index (χ4v) is 4.04. The number of hydrogen-bond acceptors (Lipinski definition) is 4. The van der Waals surface area contributed by atoms with Gasteiger partial charge in [-0.05, 0) is 12.8 Å². The fraction of sp³-hybridized carbons (Fsp3) is 1.00. The van der Waals surface area contributed by atoms with Crippen LogP contribution in [0.4, 0.5) is 0 Å². The average Bonchev–Trinajstić information content (AvgIpc) is 2.27. The normalized spacial score (nSPS) is 23.9. The van der Waals surface area contributed by atoms with Gasteiger partial charge in [-0.2, -0.15) is 17.0 Å². The van der Waals surface area contributed by atoms with E-state index in [0.29, 0.717) is 39.4 Å². The van der Waals surface area contributed by atoms with Gasteiger partial charge in [0.2, 0.25) is 0 Å². The second-order valence-electron chi connectivity index (χ2n) is 4.50. The van der Waals surface area contributed by atoms with Crippen molar-refractivity contribution in [1.82, 2.24) is 8.61 Å². The summed E-state index contributed by atoms with van der Waals surface area (Å²) in [5, 5.41) is 0. The number of nitrogens with zero attached hydrogens (tertiary/aromatic N) is 2. The van der Waals surface area contributed by atoms with Gasteiger partial charge in [-0.3, -0.25) is 0 Å². The van der Waals surface area contributed by atoms with Gasteiger partial charge in [0.15, 0.2) is 0 Å². The first-order chi connectivity index (χ1) is 8.16. The summed E-state index contributed by atoms with van der Waals surface area (Å²) >= 11 is 0. The summed E-state index contributed by atoms with van der Waals surface area (Å²) < 4.78 is 33.2. The van der Waals surface area contributed by atoms with Gasteiger partial charge in [-0.25, -0.2) is 0 Å². The van der Waals surface area contributed by atoms with E-state index in [9.17, 15) is 8.42 Å². The number of hydrogen-bond donors (Lipinski definition) is 1. The molecule has 1 saturated heterocycles. The van der Waals surface area contributed by atoms with Crippen molar-refractivity contribution in [3.8, 4) is 0 Å². The molecule has 0 aromatic rings. The first kappa shape index (κ1) is 13.2. The number of morpholine rings is 1. The van der Waals surface area contributed by atoms with Crippen LogP contribution in [0.1, 0.15) is 19.3 Å². The molecule has 100 valence electrons. The van der Waals surface area contributed by atoms with Gasteiger partial charge < -0.3 is 10.5 Å². The third kappa shape index (κ3) is 2.79. The molecule has 0 spiro atoms. The summed E-state index contributed by atoms with van der Waals surface area (Å²) in [7, 11) is -3.34. The lowest BCUT2D eigenvalue weighted by molar-refractivity contribution is 0.0678. The highest BCUT2D eigenvalue weighted by Gasteiger charge is 2.37. The maximum atomic E-state index is 12.5. The van der Waals surface area contributed by atoms with Gasteiger partial charge in [0.05, 0.1) is 13.2 Å². The van der Waals surface area contributed by atoms with E-state index in [-0.39, 0.29) is 6.04 Å². The molecule has 2 aliphatic rings. The second kappa shape index (κ2) is 5.62. The highest BCUT2D eigenvalue weighted by atomic mass is 32.2. The maximum absolute atomic E-state index is 12.5. The zero-order chi connectivity index (χ0) is 12.3. The zero-order valence-corrected chi connectivity index (χ0v) is 10.9. The molecular formula is C10H21N3O3S. The predicted octanol–water partition coefficient (Wildman–Crippen LogP) is -0.623. The maximum Gasteiger partial charge on any atom is 0.282 e. The van der Waals surface area contributed by atoms with E-state index in [2.05, 4.69) is 0 Å². The van der Waals surface area contributed by atoms with Crippen molar-refractivity contribution < 1.29 is 13.2 Å². The van der Waals surface area contributed by atoms with E-state index in [4.69, 9.17) is 10.5 Å². The quantitative estimate of drug-likeness (QED) is 0.717. The summed E-state index contributed by atoms with van der Waals surface area (Å²) in [6.45, 7) is 2.68. The molecule has 0 radical (unpaired) electrons. The summed E-state index contributed by atoms with van der Waals surface area (Å²) in [4.78, 5) is 0. The van der Waals surface area contributed by atoms with Crippen molar-refractivity contribution in [2.24, 2.45) is 5.73 Å². The smallest absolute Gasteiger partial charge is 0.282 e. The summed E-state index contributed by atoms with van der Waals surface area (Å²) in [6, 6.07) is 0.159. The SMILES string of the molecule is NCCN(C1CCC1)S(=O)(=O)N1CCOCC1. The third-order valence-corrected chi connectivity index (χ3v) is 5.52. The van der Waals surface area contributed by atoms with Crippen LogP contribution in [-0.2, 0) is 14.9 Å². The van der Waals surface area contributed by atoms with E-state index >= 15 is 0 Å². The second-order valence-corrected chi connectivity index (χ2v) is 6.38. The third-order valence-electron chi connectivity index (χ3n) is 3.42. The molecule has 1 heterocycles. The van der Waals surface area contributed by atoms with Crippen LogP contribution >= 0.6 is 0 Å². The minimum Gasteiger partial charge on any atom is -0.379 e.